The summed E-state index contributed by atoms with van der Waals surface area (Å²) in [4.78, 5) is 0. The zero-order chi connectivity index (χ0) is 16.3. The summed E-state index contributed by atoms with van der Waals surface area (Å²) < 4.78 is -0.700. The topological polar surface area (TPSA) is 0 Å². The molecule has 0 nitrogen and oxygen atoms in total. The molecular weight excluding hydrogens is 407 g/mol. The van der Waals surface area contributed by atoms with Crippen molar-refractivity contribution in [2.75, 3.05) is 0 Å². The second kappa shape index (κ2) is 6.90. The molecule has 0 radical (unpaired) electrons. The first-order valence-corrected chi connectivity index (χ1v) is 16.6. The molecule has 0 atom stereocenters. The molecule has 0 bridgehead atoms. The average molecular weight is 422 g/mol. The van der Waals surface area contributed by atoms with E-state index in [1.54, 1.807) is 0 Å². The van der Waals surface area contributed by atoms with Gasteiger partial charge in [-0.15, -0.1) is 0 Å². The van der Waals surface area contributed by atoms with E-state index in [0.717, 1.165) is 16.7 Å². The second-order valence-corrected chi connectivity index (χ2v) is 20.9. The predicted molar refractivity (Wildman–Crippen MR) is 103 cm³/mol. The molecule has 0 unspecified atom stereocenters. The monoisotopic (exact) mass is 422 g/mol. The Morgan fingerprint density at radius 2 is 0.739 bits per heavy atom. The zero-order valence-corrected chi connectivity index (χ0v) is 16.7. The van der Waals surface area contributed by atoms with Crippen LogP contribution in [-0.4, -0.2) is 10.5 Å². The molecular formula is C19H15Cl3Ge. The molecule has 23 heavy (non-hydrogen) atoms. The molecule has 0 amide bonds. The molecule has 3 aromatic rings. The number of halogens is 3. The first kappa shape index (κ1) is 16.9. The Morgan fingerprint density at radius 3 is 0.957 bits per heavy atom. The predicted octanol–water partition coefficient (Wildman–Crippen LogP) is 6.22. The maximum absolute atomic E-state index is 6.78. The van der Waals surface area contributed by atoms with Crippen LogP contribution in [0.3, 0.4) is 0 Å². The minimum absolute atomic E-state index is 0.700. The fourth-order valence-electron chi connectivity index (χ4n) is 3.06. The van der Waals surface area contributed by atoms with Gasteiger partial charge >= 0.3 is 152 Å². The van der Waals surface area contributed by atoms with Crippen molar-refractivity contribution >= 4 is 40.5 Å². The summed E-state index contributed by atoms with van der Waals surface area (Å²) >= 11 is 0. The van der Waals surface area contributed by atoms with Crippen molar-refractivity contribution in [2.45, 2.75) is 4.25 Å². The zero-order valence-electron chi connectivity index (χ0n) is 12.3. The van der Waals surface area contributed by atoms with Crippen LogP contribution in [0, 0.1) is 0 Å². The number of hydrogen-bond acceptors (Lipinski definition) is 0. The van der Waals surface area contributed by atoms with E-state index in [9.17, 15) is 0 Å². The molecule has 0 fully saturated rings. The fraction of sp³-hybridized carbons (Fsp3) is 0.0526. The molecule has 0 heterocycles. The van der Waals surface area contributed by atoms with Crippen LogP contribution in [0.5, 0.6) is 0 Å². The van der Waals surface area contributed by atoms with E-state index < -0.39 is 14.7 Å². The summed E-state index contributed by atoms with van der Waals surface area (Å²) in [5, 5.41) is 0. The molecule has 0 aliphatic rings. The van der Waals surface area contributed by atoms with Gasteiger partial charge < -0.3 is 0 Å². The molecule has 3 aromatic carbocycles. The molecule has 0 spiro atoms. The number of hydrogen-bond donors (Lipinski definition) is 0. The Balaban J connectivity index is 2.41. The van der Waals surface area contributed by atoms with Crippen LogP contribution in [0.1, 0.15) is 16.7 Å². The van der Waals surface area contributed by atoms with Crippen LogP contribution in [-0.2, 0) is 4.25 Å². The van der Waals surface area contributed by atoms with Crippen LogP contribution < -0.4 is 0 Å². The van der Waals surface area contributed by atoms with E-state index in [1.165, 1.54) is 0 Å². The van der Waals surface area contributed by atoms with Crippen LogP contribution in [0.25, 0.3) is 0 Å². The molecule has 0 aliphatic heterocycles. The fourth-order valence-corrected chi connectivity index (χ4v) is 11.3. The third-order valence-electron chi connectivity index (χ3n) is 4.05. The van der Waals surface area contributed by atoms with E-state index in [4.69, 9.17) is 30.0 Å². The Hall–Kier alpha value is -0.927. The van der Waals surface area contributed by atoms with Gasteiger partial charge in [0.2, 0.25) is 0 Å². The summed E-state index contributed by atoms with van der Waals surface area (Å²) in [5.41, 5.74) is 3.08. The van der Waals surface area contributed by atoms with E-state index in [-0.39, 0.29) is 0 Å². The van der Waals surface area contributed by atoms with Crippen molar-refractivity contribution in [1.29, 1.82) is 0 Å². The molecule has 0 N–H and O–H groups in total. The van der Waals surface area contributed by atoms with Crippen LogP contribution >= 0.6 is 30.0 Å². The standard InChI is InChI=1S/C19H15Cl3Ge/c20-23(21,22)19(16-10-4-1-5-11-16,17-12-6-2-7-13-17)18-14-8-3-9-15-18/h1-15H. The second-order valence-electron chi connectivity index (χ2n) is 5.35. The summed E-state index contributed by atoms with van der Waals surface area (Å²) in [7, 11) is 16.5. The minimum atomic E-state index is -3.83. The Kier molecular flexibility index (Phi) is 5.08. The molecule has 4 heteroatoms. The van der Waals surface area contributed by atoms with Gasteiger partial charge in [0.25, 0.3) is 0 Å². The van der Waals surface area contributed by atoms with Gasteiger partial charge in [-0.3, -0.25) is 0 Å². The van der Waals surface area contributed by atoms with E-state index in [2.05, 4.69) is 0 Å². The van der Waals surface area contributed by atoms with Crippen molar-refractivity contribution in [2.24, 2.45) is 0 Å². The van der Waals surface area contributed by atoms with Crippen molar-refractivity contribution in [3.63, 3.8) is 0 Å². The molecule has 116 valence electrons. The van der Waals surface area contributed by atoms with Gasteiger partial charge in [0.05, 0.1) is 0 Å². The van der Waals surface area contributed by atoms with E-state index in [1.807, 2.05) is 91.0 Å². The van der Waals surface area contributed by atoms with Gasteiger partial charge in [0, 0.05) is 0 Å². The van der Waals surface area contributed by atoms with E-state index >= 15 is 0 Å². The van der Waals surface area contributed by atoms with Crippen molar-refractivity contribution in [3.05, 3.63) is 108 Å². The summed E-state index contributed by atoms with van der Waals surface area (Å²) in [5.74, 6) is 0. The van der Waals surface area contributed by atoms with Crippen molar-refractivity contribution in [1.82, 2.24) is 0 Å². The first-order chi connectivity index (χ1) is 11.1. The van der Waals surface area contributed by atoms with Crippen LogP contribution in [0.2, 0.25) is 0 Å². The Morgan fingerprint density at radius 1 is 0.478 bits per heavy atom. The Bertz CT molecular complexity index is 656. The van der Waals surface area contributed by atoms with Crippen molar-refractivity contribution in [3.8, 4) is 0 Å². The molecule has 0 aliphatic carbocycles. The summed E-state index contributed by atoms with van der Waals surface area (Å²) in [6.45, 7) is 0. The van der Waals surface area contributed by atoms with Gasteiger partial charge in [-0.1, -0.05) is 0 Å². The number of rotatable bonds is 4. The summed E-state index contributed by atoms with van der Waals surface area (Å²) in [6, 6.07) is 30.2. The third-order valence-corrected chi connectivity index (χ3v) is 12.1. The molecule has 0 saturated carbocycles. The van der Waals surface area contributed by atoms with Gasteiger partial charge in [0.15, 0.2) is 0 Å². The van der Waals surface area contributed by atoms with E-state index in [0.29, 0.717) is 0 Å². The number of benzene rings is 3. The molecule has 0 aromatic heterocycles. The van der Waals surface area contributed by atoms with Gasteiger partial charge in [-0.05, 0) is 0 Å². The van der Waals surface area contributed by atoms with Gasteiger partial charge in [-0.2, -0.15) is 0 Å². The first-order valence-electron chi connectivity index (χ1n) is 7.30. The van der Waals surface area contributed by atoms with Crippen molar-refractivity contribution < 1.29 is 0 Å². The van der Waals surface area contributed by atoms with Gasteiger partial charge in [0.1, 0.15) is 0 Å². The quantitative estimate of drug-likeness (QED) is 0.346. The Labute approximate surface area is 151 Å². The third kappa shape index (κ3) is 3.06. The van der Waals surface area contributed by atoms with Gasteiger partial charge in [-0.25, -0.2) is 0 Å². The average Bonchev–Trinajstić information content (AvgIpc) is 2.57. The SMILES string of the molecule is [Cl][Ge]([Cl])([Cl])[C](c1ccccc1)(c1ccccc1)c1ccccc1. The van der Waals surface area contributed by atoms with Crippen LogP contribution in [0.15, 0.2) is 91.0 Å². The molecule has 3 rings (SSSR count). The molecule has 0 saturated heterocycles. The summed E-state index contributed by atoms with van der Waals surface area (Å²) in [6.07, 6.45) is 0. The normalized spacial score (nSPS) is 12.1. The maximum atomic E-state index is 6.78. The van der Waals surface area contributed by atoms with Crippen LogP contribution in [0.4, 0.5) is 0 Å².